The molecule has 0 atom stereocenters. The van der Waals surface area contributed by atoms with Gasteiger partial charge >= 0.3 is 5.97 Å². The lowest BCUT2D eigenvalue weighted by Gasteiger charge is -2.35. The fourth-order valence-electron chi connectivity index (χ4n) is 2.78. The molecule has 0 spiro atoms. The van der Waals surface area contributed by atoms with Gasteiger partial charge in [-0.25, -0.2) is 0 Å². The first-order valence-corrected chi connectivity index (χ1v) is 6.88. The van der Waals surface area contributed by atoms with Gasteiger partial charge in [-0.3, -0.25) is 9.59 Å². The van der Waals surface area contributed by atoms with Gasteiger partial charge in [0.15, 0.2) is 0 Å². The van der Waals surface area contributed by atoms with Crippen LogP contribution in [0.3, 0.4) is 0 Å². The minimum absolute atomic E-state index is 0.126. The Bertz CT molecular complexity index is 334. The van der Waals surface area contributed by atoms with Crippen molar-refractivity contribution in [2.45, 2.75) is 38.5 Å². The van der Waals surface area contributed by atoms with Gasteiger partial charge in [0, 0.05) is 13.1 Å². The third-order valence-corrected chi connectivity index (χ3v) is 3.87. The molecule has 1 fully saturated rings. The van der Waals surface area contributed by atoms with Crippen LogP contribution in [0.4, 0.5) is 0 Å². The van der Waals surface area contributed by atoms with Gasteiger partial charge in [0.2, 0.25) is 5.91 Å². The Morgan fingerprint density at radius 1 is 1.26 bits per heavy atom. The molecule has 1 rings (SSSR count). The zero-order valence-corrected chi connectivity index (χ0v) is 11.4. The molecule has 0 aliphatic heterocycles. The van der Waals surface area contributed by atoms with Gasteiger partial charge in [-0.1, -0.05) is 31.8 Å². The van der Waals surface area contributed by atoms with Crippen LogP contribution in [-0.2, 0) is 9.59 Å². The molecule has 0 unspecified atom stereocenters. The standard InChI is InChI=1S/C14H24N2O3/c1-2-9-16(10-12(17)18)13(19)14(11-15)7-5-3-4-6-8-14/h2H,1,3-11,15H2,(H,17,18). The molecule has 108 valence electrons. The van der Waals surface area contributed by atoms with Crippen molar-refractivity contribution in [1.82, 2.24) is 4.90 Å². The topological polar surface area (TPSA) is 83.6 Å². The second kappa shape index (κ2) is 7.28. The van der Waals surface area contributed by atoms with Gasteiger partial charge in [0.05, 0.1) is 5.41 Å². The molecule has 5 nitrogen and oxygen atoms in total. The Morgan fingerprint density at radius 3 is 2.26 bits per heavy atom. The van der Waals surface area contributed by atoms with E-state index in [9.17, 15) is 9.59 Å². The quantitative estimate of drug-likeness (QED) is 0.563. The molecule has 0 bridgehead atoms. The molecule has 1 aliphatic rings. The summed E-state index contributed by atoms with van der Waals surface area (Å²) in [5, 5.41) is 8.91. The summed E-state index contributed by atoms with van der Waals surface area (Å²) in [5.41, 5.74) is 5.28. The third-order valence-electron chi connectivity index (χ3n) is 3.87. The van der Waals surface area contributed by atoms with Crippen molar-refractivity contribution in [3.63, 3.8) is 0 Å². The van der Waals surface area contributed by atoms with Gasteiger partial charge in [0.1, 0.15) is 6.54 Å². The fourth-order valence-corrected chi connectivity index (χ4v) is 2.78. The van der Waals surface area contributed by atoms with E-state index in [0.29, 0.717) is 6.54 Å². The SMILES string of the molecule is C=CCN(CC(=O)O)C(=O)C1(CN)CCCCCC1. The van der Waals surface area contributed by atoms with Crippen LogP contribution in [0.5, 0.6) is 0 Å². The largest absolute Gasteiger partial charge is 0.480 e. The van der Waals surface area contributed by atoms with Crippen molar-refractivity contribution in [3.8, 4) is 0 Å². The highest BCUT2D eigenvalue weighted by molar-refractivity contribution is 5.86. The number of nitrogens with two attached hydrogens (primary N) is 1. The molecule has 0 aromatic rings. The molecule has 1 aliphatic carbocycles. The summed E-state index contributed by atoms with van der Waals surface area (Å²) in [6, 6.07) is 0. The first-order chi connectivity index (χ1) is 9.05. The summed E-state index contributed by atoms with van der Waals surface area (Å²) in [6.07, 6.45) is 7.29. The van der Waals surface area contributed by atoms with E-state index >= 15 is 0 Å². The molecule has 3 N–H and O–H groups in total. The van der Waals surface area contributed by atoms with Crippen LogP contribution in [0.25, 0.3) is 0 Å². The van der Waals surface area contributed by atoms with E-state index in [2.05, 4.69) is 6.58 Å². The predicted molar refractivity (Wildman–Crippen MR) is 73.6 cm³/mol. The molecule has 1 saturated carbocycles. The van der Waals surface area contributed by atoms with Crippen LogP contribution < -0.4 is 5.73 Å². The number of aliphatic carboxylic acids is 1. The summed E-state index contributed by atoms with van der Waals surface area (Å²) in [6.45, 7) is 3.85. The van der Waals surface area contributed by atoms with E-state index in [1.165, 1.54) is 4.90 Å². The third kappa shape index (κ3) is 4.06. The van der Waals surface area contributed by atoms with Crippen molar-refractivity contribution in [3.05, 3.63) is 12.7 Å². The summed E-state index contributed by atoms with van der Waals surface area (Å²) >= 11 is 0. The van der Waals surface area contributed by atoms with E-state index in [1.807, 2.05) is 0 Å². The highest BCUT2D eigenvalue weighted by Crippen LogP contribution is 2.36. The minimum Gasteiger partial charge on any atom is -0.480 e. The first kappa shape index (κ1) is 15.7. The average Bonchev–Trinajstić information content (AvgIpc) is 2.63. The second-order valence-corrected chi connectivity index (χ2v) is 5.27. The maximum absolute atomic E-state index is 12.7. The lowest BCUT2D eigenvalue weighted by Crippen LogP contribution is -2.49. The highest BCUT2D eigenvalue weighted by Gasteiger charge is 2.40. The second-order valence-electron chi connectivity index (χ2n) is 5.27. The van der Waals surface area contributed by atoms with Crippen molar-refractivity contribution in [2.75, 3.05) is 19.6 Å². The molecule has 0 saturated heterocycles. The molecule has 5 heteroatoms. The molecule has 0 aromatic carbocycles. The molecule has 1 amide bonds. The summed E-state index contributed by atoms with van der Waals surface area (Å²) in [4.78, 5) is 24.9. The van der Waals surface area contributed by atoms with Crippen molar-refractivity contribution < 1.29 is 14.7 Å². The van der Waals surface area contributed by atoms with Gasteiger partial charge in [-0.2, -0.15) is 0 Å². The molecule has 0 radical (unpaired) electrons. The molecule has 19 heavy (non-hydrogen) atoms. The van der Waals surface area contributed by atoms with E-state index in [0.717, 1.165) is 38.5 Å². The summed E-state index contributed by atoms with van der Waals surface area (Å²) in [7, 11) is 0. The Hall–Kier alpha value is -1.36. The summed E-state index contributed by atoms with van der Waals surface area (Å²) in [5.74, 6) is -1.13. The number of hydrogen-bond donors (Lipinski definition) is 2. The van der Waals surface area contributed by atoms with Gasteiger partial charge in [-0.15, -0.1) is 6.58 Å². The van der Waals surface area contributed by atoms with Crippen molar-refractivity contribution >= 4 is 11.9 Å². The van der Waals surface area contributed by atoms with E-state index in [1.54, 1.807) is 6.08 Å². The number of nitrogens with zero attached hydrogens (tertiary/aromatic N) is 1. The normalized spacial score (nSPS) is 18.4. The number of carbonyl (C=O) groups excluding carboxylic acids is 1. The number of carbonyl (C=O) groups is 2. The molecule has 0 heterocycles. The van der Waals surface area contributed by atoms with E-state index in [-0.39, 0.29) is 19.0 Å². The number of carboxylic acids is 1. The monoisotopic (exact) mass is 268 g/mol. The number of carboxylic acid groups (broad SMARTS) is 1. The van der Waals surface area contributed by atoms with Crippen LogP contribution in [0.2, 0.25) is 0 Å². The number of hydrogen-bond acceptors (Lipinski definition) is 3. The van der Waals surface area contributed by atoms with Crippen LogP contribution in [0.15, 0.2) is 12.7 Å². The Labute approximate surface area is 114 Å². The smallest absolute Gasteiger partial charge is 0.323 e. The first-order valence-electron chi connectivity index (χ1n) is 6.88. The lowest BCUT2D eigenvalue weighted by atomic mass is 9.79. The van der Waals surface area contributed by atoms with Crippen LogP contribution in [0, 0.1) is 5.41 Å². The number of amides is 1. The van der Waals surface area contributed by atoms with Gasteiger partial charge in [0.25, 0.3) is 0 Å². The minimum atomic E-state index is -1.00. The lowest BCUT2D eigenvalue weighted by molar-refractivity contribution is -0.149. The summed E-state index contributed by atoms with van der Waals surface area (Å²) < 4.78 is 0. The van der Waals surface area contributed by atoms with Crippen LogP contribution in [0.1, 0.15) is 38.5 Å². The van der Waals surface area contributed by atoms with Crippen LogP contribution in [-0.4, -0.2) is 41.5 Å². The Balaban J connectivity index is 2.88. The molecular weight excluding hydrogens is 244 g/mol. The van der Waals surface area contributed by atoms with Gasteiger partial charge in [-0.05, 0) is 12.8 Å². The van der Waals surface area contributed by atoms with E-state index in [4.69, 9.17) is 10.8 Å². The van der Waals surface area contributed by atoms with Gasteiger partial charge < -0.3 is 15.7 Å². The average molecular weight is 268 g/mol. The Morgan fingerprint density at radius 2 is 1.84 bits per heavy atom. The van der Waals surface area contributed by atoms with Crippen molar-refractivity contribution in [2.24, 2.45) is 11.1 Å². The zero-order valence-electron chi connectivity index (χ0n) is 11.4. The number of rotatable bonds is 6. The molecule has 0 aromatic heterocycles. The van der Waals surface area contributed by atoms with E-state index < -0.39 is 11.4 Å². The Kier molecular flexibility index (Phi) is 6.02. The maximum atomic E-state index is 12.7. The highest BCUT2D eigenvalue weighted by atomic mass is 16.4. The molecular formula is C14H24N2O3. The fraction of sp³-hybridized carbons (Fsp3) is 0.714. The zero-order chi connectivity index (χ0) is 14.3. The maximum Gasteiger partial charge on any atom is 0.323 e. The van der Waals surface area contributed by atoms with Crippen LogP contribution >= 0.6 is 0 Å². The van der Waals surface area contributed by atoms with Crippen molar-refractivity contribution in [1.29, 1.82) is 0 Å². The predicted octanol–water partition coefficient (Wildman–Crippen LogP) is 1.38.